The van der Waals surface area contributed by atoms with Crippen LogP contribution >= 0.6 is 0 Å². The number of anilines is 2. The number of para-hydroxylation sites is 1. The summed E-state index contributed by atoms with van der Waals surface area (Å²) in [6.45, 7) is 3.75. The zero-order valence-electron chi connectivity index (χ0n) is 19.0. The van der Waals surface area contributed by atoms with E-state index in [2.05, 4.69) is 36.4 Å². The van der Waals surface area contributed by atoms with Crippen molar-refractivity contribution >= 4 is 17.5 Å². The van der Waals surface area contributed by atoms with E-state index in [1.54, 1.807) is 6.07 Å². The first-order valence-corrected chi connectivity index (χ1v) is 11.6. The maximum absolute atomic E-state index is 12.2. The topological polar surface area (TPSA) is 92.7 Å². The first-order chi connectivity index (χ1) is 16.7. The van der Waals surface area contributed by atoms with E-state index in [0.29, 0.717) is 12.4 Å². The fourth-order valence-corrected chi connectivity index (χ4v) is 4.21. The number of carbonyl (C=O) groups excluding carboxylic acids is 1. The molecule has 0 bridgehead atoms. The van der Waals surface area contributed by atoms with Crippen molar-refractivity contribution in [1.82, 2.24) is 20.5 Å². The molecule has 2 aliphatic rings. The number of benzene rings is 1. The Labute approximate surface area is 198 Å². The number of aryl methyl sites for hydroxylation is 1. The molecule has 1 amide bonds. The van der Waals surface area contributed by atoms with Crippen LogP contribution in [0.2, 0.25) is 0 Å². The molecular weight excluding hydrogens is 432 g/mol. The van der Waals surface area contributed by atoms with E-state index in [9.17, 15) is 4.79 Å². The Morgan fingerprint density at radius 2 is 1.76 bits per heavy atom. The smallest absolute Gasteiger partial charge is 0.258 e. The monoisotopic (exact) mass is 460 g/mol. The lowest BCUT2D eigenvalue weighted by Gasteiger charge is -2.35. The number of piperazine rings is 1. The van der Waals surface area contributed by atoms with Gasteiger partial charge in [0.25, 0.3) is 5.91 Å². The Hall–Kier alpha value is -3.88. The number of fused-ring (bicyclic) bond motifs is 1. The fraction of sp³-hybridized carbons (Fsp3) is 0.360. The normalized spacial score (nSPS) is 17.5. The average molecular weight is 461 g/mol. The summed E-state index contributed by atoms with van der Waals surface area (Å²) in [5.41, 5.74) is 1.21. The standard InChI is InChI=1S/C25H28N6O3/c32-24(27-17-20-9-8-19-5-1-2-6-21(19)34-20)18-33-25-11-10-23(28-29-25)31-15-13-30(14-16-31)22-7-3-4-12-26-22/h1-7,10-12,20H,8-9,13-18H2,(H,27,32)/t20-/m1/s1. The molecule has 2 aliphatic heterocycles. The third-order valence-corrected chi connectivity index (χ3v) is 6.08. The van der Waals surface area contributed by atoms with E-state index < -0.39 is 0 Å². The molecule has 4 heterocycles. The molecule has 2 aromatic heterocycles. The lowest BCUT2D eigenvalue weighted by atomic mass is 10.0. The van der Waals surface area contributed by atoms with Gasteiger partial charge in [-0.1, -0.05) is 24.3 Å². The summed E-state index contributed by atoms with van der Waals surface area (Å²) < 4.78 is 11.5. The maximum Gasteiger partial charge on any atom is 0.258 e. The second-order valence-corrected chi connectivity index (χ2v) is 8.37. The van der Waals surface area contributed by atoms with Crippen molar-refractivity contribution in [2.24, 2.45) is 0 Å². The number of ether oxygens (including phenoxy) is 2. The van der Waals surface area contributed by atoms with E-state index in [-0.39, 0.29) is 18.6 Å². The first-order valence-electron chi connectivity index (χ1n) is 11.6. The van der Waals surface area contributed by atoms with Gasteiger partial charge in [-0.15, -0.1) is 10.2 Å². The van der Waals surface area contributed by atoms with Gasteiger partial charge in [0.15, 0.2) is 12.4 Å². The molecule has 1 aromatic carbocycles. The molecule has 0 radical (unpaired) electrons. The van der Waals surface area contributed by atoms with Crippen LogP contribution in [-0.4, -0.2) is 66.5 Å². The van der Waals surface area contributed by atoms with Crippen LogP contribution in [0.1, 0.15) is 12.0 Å². The van der Waals surface area contributed by atoms with Gasteiger partial charge in [-0.3, -0.25) is 4.79 Å². The van der Waals surface area contributed by atoms with Crippen LogP contribution in [0.5, 0.6) is 11.6 Å². The summed E-state index contributed by atoms with van der Waals surface area (Å²) in [6.07, 6.45) is 3.61. The first kappa shape index (κ1) is 21.9. The van der Waals surface area contributed by atoms with Gasteiger partial charge in [0.05, 0.1) is 6.54 Å². The molecule has 0 saturated carbocycles. The van der Waals surface area contributed by atoms with Gasteiger partial charge in [0.1, 0.15) is 17.7 Å². The number of carbonyl (C=O) groups is 1. The number of nitrogens with zero attached hydrogens (tertiary/aromatic N) is 5. The third kappa shape index (κ3) is 5.36. The van der Waals surface area contributed by atoms with Crippen LogP contribution in [0, 0.1) is 0 Å². The SMILES string of the molecule is O=C(COc1ccc(N2CCN(c3ccccn3)CC2)nn1)NC[C@H]1CCc2ccccc2O1. The lowest BCUT2D eigenvalue weighted by molar-refractivity contribution is -0.123. The zero-order chi connectivity index (χ0) is 23.2. The summed E-state index contributed by atoms with van der Waals surface area (Å²) in [4.78, 5) is 21.1. The molecule has 5 rings (SSSR count). The van der Waals surface area contributed by atoms with Crippen molar-refractivity contribution in [3.8, 4) is 11.6 Å². The number of hydrogen-bond acceptors (Lipinski definition) is 8. The molecule has 1 fully saturated rings. The summed E-state index contributed by atoms with van der Waals surface area (Å²) >= 11 is 0. The van der Waals surface area contributed by atoms with Crippen LogP contribution in [0.25, 0.3) is 0 Å². The van der Waals surface area contributed by atoms with Gasteiger partial charge in [0, 0.05) is 38.4 Å². The van der Waals surface area contributed by atoms with Crippen LogP contribution < -0.4 is 24.6 Å². The number of rotatable bonds is 7. The highest BCUT2D eigenvalue weighted by molar-refractivity contribution is 5.77. The van der Waals surface area contributed by atoms with E-state index >= 15 is 0 Å². The van der Waals surface area contributed by atoms with Gasteiger partial charge in [-0.2, -0.15) is 0 Å². The zero-order valence-corrected chi connectivity index (χ0v) is 19.0. The lowest BCUT2D eigenvalue weighted by Crippen LogP contribution is -2.47. The number of pyridine rings is 1. The highest BCUT2D eigenvalue weighted by Gasteiger charge is 2.21. The molecule has 1 N–H and O–H groups in total. The fourth-order valence-electron chi connectivity index (χ4n) is 4.21. The van der Waals surface area contributed by atoms with Gasteiger partial charge >= 0.3 is 0 Å². The number of nitrogens with one attached hydrogen (secondary N) is 1. The van der Waals surface area contributed by atoms with E-state index in [4.69, 9.17) is 9.47 Å². The van der Waals surface area contributed by atoms with Gasteiger partial charge in [0.2, 0.25) is 5.88 Å². The Morgan fingerprint density at radius 3 is 2.53 bits per heavy atom. The molecule has 0 spiro atoms. The molecule has 34 heavy (non-hydrogen) atoms. The predicted molar refractivity (Wildman–Crippen MR) is 128 cm³/mol. The number of aromatic nitrogens is 3. The molecule has 3 aromatic rings. The Bertz CT molecular complexity index is 1090. The Morgan fingerprint density at radius 1 is 0.971 bits per heavy atom. The third-order valence-electron chi connectivity index (χ3n) is 6.08. The van der Waals surface area contributed by atoms with Crippen LogP contribution in [0.15, 0.2) is 60.8 Å². The molecule has 9 nitrogen and oxygen atoms in total. The van der Waals surface area contributed by atoms with Crippen molar-refractivity contribution in [1.29, 1.82) is 0 Å². The minimum atomic E-state index is -0.209. The van der Waals surface area contributed by atoms with Crippen molar-refractivity contribution in [2.45, 2.75) is 18.9 Å². The van der Waals surface area contributed by atoms with E-state index in [1.807, 2.05) is 48.7 Å². The van der Waals surface area contributed by atoms with Crippen molar-refractivity contribution in [3.63, 3.8) is 0 Å². The molecule has 1 saturated heterocycles. The molecule has 176 valence electrons. The Balaban J connectivity index is 1.04. The van der Waals surface area contributed by atoms with Crippen molar-refractivity contribution in [3.05, 3.63) is 66.4 Å². The highest BCUT2D eigenvalue weighted by Crippen LogP contribution is 2.26. The summed E-state index contributed by atoms with van der Waals surface area (Å²) in [6, 6.07) is 17.6. The van der Waals surface area contributed by atoms with Crippen molar-refractivity contribution < 1.29 is 14.3 Å². The summed E-state index contributed by atoms with van der Waals surface area (Å²) in [5.74, 6) is 2.81. The van der Waals surface area contributed by atoms with Crippen LogP contribution in [-0.2, 0) is 11.2 Å². The van der Waals surface area contributed by atoms with E-state index in [0.717, 1.165) is 56.4 Å². The van der Waals surface area contributed by atoms with Crippen LogP contribution in [0.4, 0.5) is 11.6 Å². The summed E-state index contributed by atoms with van der Waals surface area (Å²) in [7, 11) is 0. The number of amides is 1. The second kappa shape index (κ2) is 10.4. The van der Waals surface area contributed by atoms with Gasteiger partial charge < -0.3 is 24.6 Å². The van der Waals surface area contributed by atoms with Crippen molar-refractivity contribution in [2.75, 3.05) is 49.1 Å². The van der Waals surface area contributed by atoms with Gasteiger partial charge in [-0.25, -0.2) is 4.98 Å². The molecule has 0 aliphatic carbocycles. The highest BCUT2D eigenvalue weighted by atomic mass is 16.5. The quantitative estimate of drug-likeness (QED) is 0.573. The largest absolute Gasteiger partial charge is 0.488 e. The average Bonchev–Trinajstić information content (AvgIpc) is 2.91. The Kier molecular flexibility index (Phi) is 6.69. The predicted octanol–water partition coefficient (Wildman–Crippen LogP) is 2.09. The molecule has 9 heteroatoms. The van der Waals surface area contributed by atoms with Gasteiger partial charge in [-0.05, 0) is 42.7 Å². The molecular formula is C25H28N6O3. The minimum Gasteiger partial charge on any atom is -0.488 e. The second-order valence-electron chi connectivity index (χ2n) is 8.37. The number of hydrogen-bond donors (Lipinski definition) is 1. The molecule has 1 atom stereocenters. The maximum atomic E-state index is 12.2. The summed E-state index contributed by atoms with van der Waals surface area (Å²) in [5, 5.41) is 11.3. The molecule has 0 unspecified atom stereocenters. The minimum absolute atomic E-state index is 0.0314. The van der Waals surface area contributed by atoms with Crippen LogP contribution in [0.3, 0.4) is 0 Å². The van der Waals surface area contributed by atoms with E-state index in [1.165, 1.54) is 5.56 Å².